The highest BCUT2D eigenvalue weighted by Crippen LogP contribution is 2.46. The fourth-order valence-corrected chi connectivity index (χ4v) is 3.88. The average molecular weight is 396 g/mol. The summed E-state index contributed by atoms with van der Waals surface area (Å²) in [6, 6.07) is 23.0. The zero-order chi connectivity index (χ0) is 21.1. The number of anilines is 2. The second kappa shape index (κ2) is 6.66. The molecule has 0 spiro atoms. The van der Waals surface area contributed by atoms with E-state index in [4.69, 9.17) is 9.31 Å². The number of aliphatic hydroxyl groups is 1. The van der Waals surface area contributed by atoms with Gasteiger partial charge < -0.3 is 19.2 Å². The standard InChI is InChI=1S/C24H24B2NO3/c1-23(2,28)24(3,4)30-25-16-13-14-21-22(15-16)29-26-19-11-7-5-9-17(19)18-10-6-8-12-20(18)27(21)26/h5-15,28H,1-4H3. The van der Waals surface area contributed by atoms with Crippen LogP contribution in [-0.2, 0) is 4.65 Å². The Kier molecular flexibility index (Phi) is 4.28. The lowest BCUT2D eigenvalue weighted by Gasteiger charge is -2.37. The van der Waals surface area contributed by atoms with E-state index in [1.165, 1.54) is 11.1 Å². The van der Waals surface area contributed by atoms with Crippen LogP contribution in [0.5, 0.6) is 5.75 Å². The Morgan fingerprint density at radius 3 is 2.37 bits per heavy atom. The van der Waals surface area contributed by atoms with Gasteiger partial charge in [0, 0.05) is 11.3 Å². The molecule has 0 atom stereocenters. The molecule has 0 fully saturated rings. The topological polar surface area (TPSA) is 41.9 Å². The minimum Gasteiger partial charge on any atom is -0.536 e. The van der Waals surface area contributed by atoms with Gasteiger partial charge in [-0.05, 0) is 62.4 Å². The number of benzene rings is 3. The summed E-state index contributed by atoms with van der Waals surface area (Å²) in [4.78, 5) is 2.26. The lowest BCUT2D eigenvalue weighted by molar-refractivity contribution is -0.0893. The first-order valence-corrected chi connectivity index (χ1v) is 10.3. The van der Waals surface area contributed by atoms with Gasteiger partial charge in [0.15, 0.2) is 0 Å². The number of rotatable bonds is 4. The van der Waals surface area contributed by atoms with Gasteiger partial charge in [-0.2, -0.15) is 0 Å². The Morgan fingerprint density at radius 1 is 0.900 bits per heavy atom. The summed E-state index contributed by atoms with van der Waals surface area (Å²) >= 11 is 0. The third-order valence-electron chi connectivity index (χ3n) is 6.36. The summed E-state index contributed by atoms with van der Waals surface area (Å²) in [5.41, 5.74) is 4.99. The SMILES string of the molecule is CC(C)(O)C(C)(C)O[B]c1ccc2c(c1)OB1c3ccccc3-c3ccccc3N12. The molecule has 0 amide bonds. The Labute approximate surface area is 178 Å². The lowest BCUT2D eigenvalue weighted by Crippen LogP contribution is -2.50. The molecule has 3 aromatic rings. The van der Waals surface area contributed by atoms with Gasteiger partial charge in [-0.3, -0.25) is 0 Å². The van der Waals surface area contributed by atoms with Gasteiger partial charge in [0.05, 0.1) is 16.9 Å². The first-order chi connectivity index (χ1) is 14.3. The molecule has 2 heterocycles. The number of fused-ring (bicyclic) bond motifs is 8. The Bertz CT molecular complexity index is 1120. The third kappa shape index (κ3) is 2.94. The second-order valence-corrected chi connectivity index (χ2v) is 8.98. The van der Waals surface area contributed by atoms with Crippen LogP contribution >= 0.6 is 0 Å². The summed E-state index contributed by atoms with van der Waals surface area (Å²) in [6.45, 7) is 7.25. The van der Waals surface area contributed by atoms with E-state index in [1.807, 2.05) is 26.0 Å². The molecule has 0 saturated carbocycles. The maximum absolute atomic E-state index is 10.3. The van der Waals surface area contributed by atoms with Gasteiger partial charge in [-0.15, -0.1) is 0 Å². The Hall–Kier alpha value is -2.69. The van der Waals surface area contributed by atoms with Crippen molar-refractivity contribution in [2.45, 2.75) is 38.9 Å². The van der Waals surface area contributed by atoms with Crippen LogP contribution in [0.1, 0.15) is 27.7 Å². The van der Waals surface area contributed by atoms with Gasteiger partial charge in [0.2, 0.25) is 0 Å². The molecule has 6 heteroatoms. The van der Waals surface area contributed by atoms with E-state index in [2.05, 4.69) is 59.4 Å². The van der Waals surface area contributed by atoms with E-state index in [1.54, 1.807) is 21.3 Å². The number of nitrogens with zero attached hydrogens (tertiary/aromatic N) is 1. The van der Waals surface area contributed by atoms with Crippen LogP contribution in [0.3, 0.4) is 0 Å². The van der Waals surface area contributed by atoms with Crippen LogP contribution < -0.4 is 20.4 Å². The minimum atomic E-state index is -0.967. The van der Waals surface area contributed by atoms with Gasteiger partial charge in [0.25, 0.3) is 0 Å². The van der Waals surface area contributed by atoms with Crippen LogP contribution in [0.2, 0.25) is 0 Å². The molecule has 3 aromatic carbocycles. The summed E-state index contributed by atoms with van der Waals surface area (Å²) in [6.07, 6.45) is 0. The zero-order valence-electron chi connectivity index (χ0n) is 17.7. The van der Waals surface area contributed by atoms with Crippen molar-refractivity contribution in [2.75, 3.05) is 4.81 Å². The van der Waals surface area contributed by atoms with Gasteiger partial charge in [-0.25, -0.2) is 0 Å². The lowest BCUT2D eigenvalue weighted by atomic mass is 9.65. The molecule has 1 radical (unpaired) electrons. The molecule has 4 nitrogen and oxygen atoms in total. The van der Waals surface area contributed by atoms with E-state index in [9.17, 15) is 5.11 Å². The summed E-state index contributed by atoms with van der Waals surface area (Å²) in [7, 11) is 1.51. The molecule has 0 aromatic heterocycles. The molecule has 149 valence electrons. The predicted molar refractivity (Wildman–Crippen MR) is 123 cm³/mol. The summed E-state index contributed by atoms with van der Waals surface area (Å²) in [5.74, 6) is 0.824. The molecule has 2 aliphatic rings. The predicted octanol–water partition coefficient (Wildman–Crippen LogP) is 3.40. The molecule has 5 rings (SSSR count). The van der Waals surface area contributed by atoms with E-state index < -0.39 is 11.2 Å². The molecular formula is C24H24B2NO3. The third-order valence-corrected chi connectivity index (χ3v) is 6.36. The number of para-hydroxylation sites is 1. The fraction of sp³-hybridized carbons (Fsp3) is 0.250. The normalized spacial score (nSPS) is 14.4. The fourth-order valence-electron chi connectivity index (χ4n) is 3.88. The monoisotopic (exact) mass is 396 g/mol. The van der Waals surface area contributed by atoms with Crippen molar-refractivity contribution < 1.29 is 14.4 Å². The smallest absolute Gasteiger partial charge is 0.524 e. The van der Waals surface area contributed by atoms with Crippen LogP contribution in [0.15, 0.2) is 66.7 Å². The zero-order valence-corrected chi connectivity index (χ0v) is 17.7. The molecule has 1 N–H and O–H groups in total. The van der Waals surface area contributed by atoms with Crippen molar-refractivity contribution in [3.63, 3.8) is 0 Å². The van der Waals surface area contributed by atoms with Gasteiger partial charge >= 0.3 is 14.5 Å². The highest BCUT2D eigenvalue weighted by molar-refractivity contribution is 6.77. The molecule has 2 aliphatic heterocycles. The number of hydrogen-bond acceptors (Lipinski definition) is 4. The maximum Gasteiger partial charge on any atom is 0.524 e. The van der Waals surface area contributed by atoms with Crippen LogP contribution in [0.4, 0.5) is 11.4 Å². The van der Waals surface area contributed by atoms with Crippen molar-refractivity contribution in [3.05, 3.63) is 66.7 Å². The second-order valence-electron chi connectivity index (χ2n) is 8.98. The van der Waals surface area contributed by atoms with E-state index in [0.717, 1.165) is 28.0 Å². The first kappa shape index (κ1) is 19.3. The van der Waals surface area contributed by atoms with Gasteiger partial charge in [0.1, 0.15) is 5.75 Å². The van der Waals surface area contributed by atoms with E-state index >= 15 is 0 Å². The molecule has 30 heavy (non-hydrogen) atoms. The highest BCUT2D eigenvalue weighted by atomic mass is 16.5. The van der Waals surface area contributed by atoms with E-state index in [-0.39, 0.29) is 7.05 Å². The molecular weight excluding hydrogens is 372 g/mol. The van der Waals surface area contributed by atoms with Crippen molar-refractivity contribution >= 4 is 36.8 Å². The summed E-state index contributed by atoms with van der Waals surface area (Å²) < 4.78 is 12.4. The molecule has 0 bridgehead atoms. The molecule has 0 aliphatic carbocycles. The Balaban J connectivity index is 1.50. The van der Waals surface area contributed by atoms with Crippen LogP contribution in [-0.4, -0.2) is 30.8 Å². The molecule has 0 saturated heterocycles. The average Bonchev–Trinajstić information content (AvgIpc) is 3.11. The quantitative estimate of drug-likeness (QED) is 0.687. The highest BCUT2D eigenvalue weighted by Gasteiger charge is 2.45. The largest absolute Gasteiger partial charge is 0.536 e. The van der Waals surface area contributed by atoms with Gasteiger partial charge in [-0.1, -0.05) is 48.5 Å². The number of hydrogen-bond donors (Lipinski definition) is 1. The maximum atomic E-state index is 10.3. The van der Waals surface area contributed by atoms with Crippen molar-refractivity contribution in [1.82, 2.24) is 0 Å². The van der Waals surface area contributed by atoms with Crippen molar-refractivity contribution in [2.24, 2.45) is 0 Å². The minimum absolute atomic E-state index is 0.185. The summed E-state index contributed by atoms with van der Waals surface area (Å²) in [5, 5.41) is 10.3. The van der Waals surface area contributed by atoms with Crippen molar-refractivity contribution in [3.8, 4) is 16.9 Å². The van der Waals surface area contributed by atoms with Crippen molar-refractivity contribution in [1.29, 1.82) is 0 Å². The van der Waals surface area contributed by atoms with E-state index in [0.29, 0.717) is 0 Å². The van der Waals surface area contributed by atoms with Crippen LogP contribution in [0.25, 0.3) is 11.1 Å². The molecule has 0 unspecified atom stereocenters. The first-order valence-electron chi connectivity index (χ1n) is 10.3. The van der Waals surface area contributed by atoms with Crippen LogP contribution in [0, 0.1) is 0 Å². The Morgan fingerprint density at radius 2 is 1.60 bits per heavy atom.